The summed E-state index contributed by atoms with van der Waals surface area (Å²) in [6, 6.07) is 16.6. The molecule has 0 spiro atoms. The number of hydrogen-bond acceptors (Lipinski definition) is 7. The zero-order valence-electron chi connectivity index (χ0n) is 21.6. The van der Waals surface area contributed by atoms with E-state index in [2.05, 4.69) is 5.32 Å². The highest BCUT2D eigenvalue weighted by Crippen LogP contribution is 2.38. The van der Waals surface area contributed by atoms with Crippen LogP contribution in [0.4, 0.5) is 5.69 Å². The fourth-order valence-corrected chi connectivity index (χ4v) is 5.13. The van der Waals surface area contributed by atoms with Crippen LogP contribution >= 0.6 is 0 Å². The molecule has 3 rings (SSSR count). The number of methoxy groups -OCH3 is 3. The van der Waals surface area contributed by atoms with Crippen LogP contribution in [-0.4, -0.2) is 48.8 Å². The molecule has 3 aromatic rings. The Labute approximate surface area is 218 Å². The van der Waals surface area contributed by atoms with Crippen LogP contribution in [0.2, 0.25) is 0 Å². The molecule has 37 heavy (non-hydrogen) atoms. The van der Waals surface area contributed by atoms with Crippen LogP contribution in [0.1, 0.15) is 18.1 Å². The first-order chi connectivity index (χ1) is 17.7. The molecule has 0 aliphatic heterocycles. The number of hydrogen-bond donors (Lipinski definition) is 1. The molecule has 0 aliphatic rings. The molecule has 1 N–H and O–H groups in total. The molecular weight excluding hydrogens is 496 g/mol. The van der Waals surface area contributed by atoms with Gasteiger partial charge in [0.05, 0.1) is 38.5 Å². The van der Waals surface area contributed by atoms with Gasteiger partial charge in [0.25, 0.3) is 10.0 Å². The van der Waals surface area contributed by atoms with Crippen LogP contribution in [0.15, 0.2) is 65.6 Å². The van der Waals surface area contributed by atoms with Gasteiger partial charge in [0.1, 0.15) is 12.3 Å². The minimum Gasteiger partial charge on any atom is -0.493 e. The molecule has 9 nitrogen and oxygen atoms in total. The lowest BCUT2D eigenvalue weighted by molar-refractivity contribution is -0.119. The molecule has 198 valence electrons. The van der Waals surface area contributed by atoms with Gasteiger partial charge in [-0.25, -0.2) is 8.42 Å². The van der Waals surface area contributed by atoms with E-state index in [1.54, 1.807) is 55.5 Å². The summed E-state index contributed by atoms with van der Waals surface area (Å²) >= 11 is 0. The maximum absolute atomic E-state index is 13.7. The second-order valence-corrected chi connectivity index (χ2v) is 9.90. The molecule has 10 heteroatoms. The van der Waals surface area contributed by atoms with Crippen LogP contribution in [0.5, 0.6) is 23.0 Å². The number of ether oxygens (including phenoxy) is 4. The molecule has 0 radical (unpaired) electrons. The fourth-order valence-electron chi connectivity index (χ4n) is 3.70. The standard InChI is InChI=1S/C27H32N2O7S/c1-6-36-23-10-8-7-9-22(23)29(37(31,32)21-13-11-19(2)12-14-21)18-26(30)28-17-20-15-24(33-3)27(35-5)25(16-20)34-4/h7-16H,6,17-18H2,1-5H3,(H,28,30). The molecule has 0 saturated heterocycles. The number of amides is 1. The first-order valence-corrected chi connectivity index (χ1v) is 13.1. The summed E-state index contributed by atoms with van der Waals surface area (Å²) in [7, 11) is 0.427. The van der Waals surface area contributed by atoms with Crippen LogP contribution in [0, 0.1) is 6.92 Å². The van der Waals surface area contributed by atoms with E-state index >= 15 is 0 Å². The minimum atomic E-state index is -4.08. The first-order valence-electron chi connectivity index (χ1n) is 11.6. The Hall–Kier alpha value is -3.92. The zero-order valence-corrected chi connectivity index (χ0v) is 22.4. The highest BCUT2D eigenvalue weighted by atomic mass is 32.2. The molecule has 0 aliphatic carbocycles. The van der Waals surface area contributed by atoms with Crippen LogP contribution in [0.25, 0.3) is 0 Å². The molecule has 0 unspecified atom stereocenters. The van der Waals surface area contributed by atoms with Crippen LogP contribution < -0.4 is 28.6 Å². The summed E-state index contributed by atoms with van der Waals surface area (Å²) in [5, 5.41) is 2.79. The lowest BCUT2D eigenvalue weighted by Gasteiger charge is -2.26. The van der Waals surface area contributed by atoms with E-state index in [9.17, 15) is 13.2 Å². The second-order valence-electron chi connectivity index (χ2n) is 8.04. The zero-order chi connectivity index (χ0) is 27.0. The normalized spacial score (nSPS) is 10.9. The Morgan fingerprint density at radius 3 is 2.08 bits per heavy atom. The van der Waals surface area contributed by atoms with Crippen molar-refractivity contribution in [1.29, 1.82) is 0 Å². The smallest absolute Gasteiger partial charge is 0.264 e. The van der Waals surface area contributed by atoms with Gasteiger partial charge in [-0.1, -0.05) is 29.8 Å². The number of anilines is 1. The monoisotopic (exact) mass is 528 g/mol. The molecule has 1 amide bonds. The van der Waals surface area contributed by atoms with E-state index in [4.69, 9.17) is 18.9 Å². The third-order valence-electron chi connectivity index (χ3n) is 5.54. The predicted octanol–water partition coefficient (Wildman–Crippen LogP) is 3.93. The fraction of sp³-hybridized carbons (Fsp3) is 0.296. The van der Waals surface area contributed by atoms with Crippen molar-refractivity contribution in [3.8, 4) is 23.0 Å². The maximum atomic E-state index is 13.7. The lowest BCUT2D eigenvalue weighted by atomic mass is 10.1. The Balaban J connectivity index is 1.91. The number of sulfonamides is 1. The molecule has 0 bridgehead atoms. The number of carbonyl (C=O) groups excluding carboxylic acids is 1. The Morgan fingerprint density at radius 2 is 1.51 bits per heavy atom. The number of nitrogens with zero attached hydrogens (tertiary/aromatic N) is 1. The molecule has 0 heterocycles. The van der Waals surface area contributed by atoms with Gasteiger partial charge in [-0.3, -0.25) is 9.10 Å². The minimum absolute atomic E-state index is 0.0711. The average molecular weight is 529 g/mol. The molecule has 0 saturated carbocycles. The van der Waals surface area contributed by atoms with E-state index < -0.39 is 22.5 Å². The Kier molecular flexibility index (Phi) is 9.24. The molecular formula is C27H32N2O7S. The van der Waals surface area contributed by atoms with Gasteiger partial charge in [0, 0.05) is 6.54 Å². The van der Waals surface area contributed by atoms with Crippen molar-refractivity contribution in [2.75, 3.05) is 38.8 Å². The summed E-state index contributed by atoms with van der Waals surface area (Å²) in [4.78, 5) is 13.2. The van der Waals surface area contributed by atoms with Gasteiger partial charge in [0.15, 0.2) is 11.5 Å². The van der Waals surface area contributed by atoms with Crippen molar-refractivity contribution < 1.29 is 32.2 Å². The van der Waals surface area contributed by atoms with Gasteiger partial charge in [-0.05, 0) is 55.8 Å². The van der Waals surface area contributed by atoms with Crippen LogP contribution in [0.3, 0.4) is 0 Å². The van der Waals surface area contributed by atoms with Gasteiger partial charge in [-0.15, -0.1) is 0 Å². The van der Waals surface area contributed by atoms with E-state index in [0.717, 1.165) is 9.87 Å². The second kappa shape index (κ2) is 12.4. The first kappa shape index (κ1) is 27.7. The topological polar surface area (TPSA) is 103 Å². The van der Waals surface area contributed by atoms with Crippen molar-refractivity contribution in [3.05, 3.63) is 71.8 Å². The van der Waals surface area contributed by atoms with Crippen molar-refractivity contribution in [1.82, 2.24) is 5.32 Å². The van der Waals surface area contributed by atoms with Crippen molar-refractivity contribution >= 4 is 21.6 Å². The summed E-state index contributed by atoms with van der Waals surface area (Å²) in [6.45, 7) is 3.67. The van der Waals surface area contributed by atoms with Crippen molar-refractivity contribution in [2.24, 2.45) is 0 Å². The van der Waals surface area contributed by atoms with Crippen LogP contribution in [-0.2, 0) is 21.4 Å². The number of benzene rings is 3. The van der Waals surface area contributed by atoms with Gasteiger partial charge in [-0.2, -0.15) is 0 Å². The number of aryl methyl sites for hydroxylation is 1. The Morgan fingerprint density at radius 1 is 0.892 bits per heavy atom. The highest BCUT2D eigenvalue weighted by molar-refractivity contribution is 7.92. The quantitative estimate of drug-likeness (QED) is 0.380. The summed E-state index contributed by atoms with van der Waals surface area (Å²) in [6.07, 6.45) is 0. The van der Waals surface area contributed by atoms with Crippen molar-refractivity contribution in [3.63, 3.8) is 0 Å². The maximum Gasteiger partial charge on any atom is 0.264 e. The van der Waals surface area contributed by atoms with E-state index in [1.807, 2.05) is 6.92 Å². The summed E-state index contributed by atoms with van der Waals surface area (Å²) < 4.78 is 50.2. The largest absolute Gasteiger partial charge is 0.493 e. The third kappa shape index (κ3) is 6.45. The molecule has 0 atom stereocenters. The van der Waals surface area contributed by atoms with E-state index in [1.165, 1.54) is 33.5 Å². The number of rotatable bonds is 12. The van der Waals surface area contributed by atoms with Gasteiger partial charge in [0.2, 0.25) is 11.7 Å². The van der Waals surface area contributed by atoms with Gasteiger partial charge < -0.3 is 24.3 Å². The van der Waals surface area contributed by atoms with E-state index in [0.29, 0.717) is 35.2 Å². The number of para-hydroxylation sites is 2. The van der Waals surface area contributed by atoms with E-state index in [-0.39, 0.29) is 17.1 Å². The van der Waals surface area contributed by atoms with Crippen molar-refractivity contribution in [2.45, 2.75) is 25.3 Å². The summed E-state index contributed by atoms with van der Waals surface area (Å²) in [5.41, 5.74) is 1.88. The Bertz CT molecular complexity index is 1300. The number of nitrogens with one attached hydrogen (secondary N) is 1. The van der Waals surface area contributed by atoms with Gasteiger partial charge >= 0.3 is 0 Å². The molecule has 0 fully saturated rings. The molecule has 0 aromatic heterocycles. The third-order valence-corrected chi connectivity index (χ3v) is 7.32. The molecule has 3 aromatic carbocycles. The predicted molar refractivity (Wildman–Crippen MR) is 141 cm³/mol. The highest BCUT2D eigenvalue weighted by Gasteiger charge is 2.29. The average Bonchev–Trinajstić information content (AvgIpc) is 2.90. The SMILES string of the molecule is CCOc1ccccc1N(CC(=O)NCc1cc(OC)c(OC)c(OC)c1)S(=O)(=O)c1ccc(C)cc1. The lowest BCUT2D eigenvalue weighted by Crippen LogP contribution is -2.40. The number of carbonyl (C=O) groups is 1. The summed E-state index contributed by atoms with van der Waals surface area (Å²) in [5.74, 6) is 1.18.